The van der Waals surface area contributed by atoms with Crippen LogP contribution < -0.4 is 0 Å². The van der Waals surface area contributed by atoms with Gasteiger partial charge < -0.3 is 14.9 Å². The van der Waals surface area contributed by atoms with Gasteiger partial charge in [0.05, 0.1) is 12.6 Å². The molecule has 0 aliphatic rings. The normalized spacial score (nSPS) is 13.5. The molecule has 0 bridgehead atoms. The van der Waals surface area contributed by atoms with Crippen LogP contribution in [0.25, 0.3) is 0 Å². The van der Waals surface area contributed by atoms with E-state index in [-0.39, 0.29) is 18.1 Å². The molecule has 3 rings (SSSR count). The van der Waals surface area contributed by atoms with E-state index in [1.807, 2.05) is 36.4 Å². The molecule has 3 aromatic carbocycles. The molecule has 0 heterocycles. The number of esters is 1. The highest BCUT2D eigenvalue weighted by atomic mass is 16.5. The van der Waals surface area contributed by atoms with Gasteiger partial charge in [0.1, 0.15) is 17.5 Å². The van der Waals surface area contributed by atoms with E-state index in [9.17, 15) is 15.0 Å². The number of carbonyl (C=O) groups excluding carboxylic acids is 1. The van der Waals surface area contributed by atoms with Crippen molar-refractivity contribution in [2.75, 3.05) is 6.61 Å². The van der Waals surface area contributed by atoms with Crippen molar-refractivity contribution in [1.29, 1.82) is 0 Å². The van der Waals surface area contributed by atoms with E-state index in [4.69, 9.17) is 9.73 Å². The molecule has 0 saturated carbocycles. The number of hydrogen-bond donors (Lipinski definition) is 2. The van der Waals surface area contributed by atoms with Crippen molar-refractivity contribution in [2.45, 2.75) is 19.0 Å². The predicted octanol–water partition coefficient (Wildman–Crippen LogP) is 4.87. The van der Waals surface area contributed by atoms with E-state index >= 15 is 0 Å². The minimum absolute atomic E-state index is 0.100. The van der Waals surface area contributed by atoms with E-state index in [0.29, 0.717) is 11.1 Å². The van der Waals surface area contributed by atoms with Crippen molar-refractivity contribution in [3.63, 3.8) is 0 Å². The summed E-state index contributed by atoms with van der Waals surface area (Å²) in [5, 5.41) is 20.2. The van der Waals surface area contributed by atoms with Crippen molar-refractivity contribution in [1.82, 2.24) is 0 Å². The molecule has 168 valence electrons. The number of ether oxygens (including phenoxy) is 1. The van der Waals surface area contributed by atoms with Crippen molar-refractivity contribution >= 4 is 18.4 Å². The van der Waals surface area contributed by atoms with Gasteiger partial charge in [0.25, 0.3) is 0 Å². The first-order chi connectivity index (χ1) is 16.1. The third kappa shape index (κ3) is 6.90. The number of hydrogen-bond acceptors (Lipinski definition) is 6. The minimum Gasteiger partial charge on any atom is -0.507 e. The Kier molecular flexibility index (Phi) is 8.54. The largest absolute Gasteiger partial charge is 0.507 e. The van der Waals surface area contributed by atoms with E-state index in [2.05, 4.69) is 4.99 Å². The van der Waals surface area contributed by atoms with Gasteiger partial charge in [-0.05, 0) is 36.8 Å². The lowest BCUT2D eigenvalue weighted by atomic mass is 9.99. The number of para-hydroxylation sites is 2. The SMILES string of the molecule is CCOC(=O)/C=C/[C@H](N=Cc1ccccc1O)[C@@H](N=Cc1ccccc1O)c1ccccc1. The Morgan fingerprint density at radius 2 is 1.39 bits per heavy atom. The second-order valence-electron chi connectivity index (χ2n) is 7.13. The van der Waals surface area contributed by atoms with Crippen LogP contribution in [0.4, 0.5) is 0 Å². The average Bonchev–Trinajstić information content (AvgIpc) is 2.83. The van der Waals surface area contributed by atoms with Crippen molar-refractivity contribution in [3.8, 4) is 11.5 Å². The molecule has 0 radical (unpaired) electrons. The number of rotatable bonds is 9. The summed E-state index contributed by atoms with van der Waals surface area (Å²) in [7, 11) is 0. The van der Waals surface area contributed by atoms with E-state index < -0.39 is 18.1 Å². The molecule has 0 spiro atoms. The lowest BCUT2D eigenvalue weighted by Crippen LogP contribution is -2.15. The fourth-order valence-electron chi connectivity index (χ4n) is 3.15. The Morgan fingerprint density at radius 3 is 1.97 bits per heavy atom. The van der Waals surface area contributed by atoms with Crippen LogP contribution in [-0.2, 0) is 9.53 Å². The first-order valence-electron chi connectivity index (χ1n) is 10.6. The van der Waals surface area contributed by atoms with Crippen LogP contribution in [0.15, 0.2) is 101 Å². The Hall–Kier alpha value is -4.19. The molecule has 6 heteroatoms. The first kappa shape index (κ1) is 23.5. The fourth-order valence-corrected chi connectivity index (χ4v) is 3.15. The number of benzene rings is 3. The van der Waals surface area contributed by atoms with Gasteiger partial charge in [-0.1, -0.05) is 60.7 Å². The van der Waals surface area contributed by atoms with Gasteiger partial charge in [-0.3, -0.25) is 9.98 Å². The zero-order valence-corrected chi connectivity index (χ0v) is 18.3. The van der Waals surface area contributed by atoms with E-state index in [1.165, 1.54) is 6.08 Å². The lowest BCUT2D eigenvalue weighted by molar-refractivity contribution is -0.137. The van der Waals surface area contributed by atoms with Crippen LogP contribution in [0.1, 0.15) is 29.7 Å². The summed E-state index contributed by atoms with van der Waals surface area (Å²) < 4.78 is 5.02. The second-order valence-corrected chi connectivity index (χ2v) is 7.13. The van der Waals surface area contributed by atoms with Gasteiger partial charge in [-0.2, -0.15) is 0 Å². The van der Waals surface area contributed by atoms with Gasteiger partial charge >= 0.3 is 5.97 Å². The molecule has 6 nitrogen and oxygen atoms in total. The molecule has 0 amide bonds. The molecular weight excluding hydrogens is 416 g/mol. The molecule has 0 fully saturated rings. The lowest BCUT2D eigenvalue weighted by Gasteiger charge is -2.19. The molecule has 2 N–H and O–H groups in total. The van der Waals surface area contributed by atoms with Gasteiger partial charge in [-0.15, -0.1) is 0 Å². The summed E-state index contributed by atoms with van der Waals surface area (Å²) in [6.45, 7) is 2.01. The smallest absolute Gasteiger partial charge is 0.330 e. The quantitative estimate of drug-likeness (QED) is 0.281. The van der Waals surface area contributed by atoms with E-state index in [0.717, 1.165) is 5.56 Å². The molecule has 0 aromatic heterocycles. The van der Waals surface area contributed by atoms with Crippen LogP contribution in [0.2, 0.25) is 0 Å². The molecule has 0 unspecified atom stereocenters. The predicted molar refractivity (Wildman–Crippen MR) is 130 cm³/mol. The number of carbonyl (C=O) groups is 1. The highest BCUT2D eigenvalue weighted by Crippen LogP contribution is 2.26. The van der Waals surface area contributed by atoms with E-state index in [1.54, 1.807) is 67.9 Å². The van der Waals surface area contributed by atoms with Crippen molar-refractivity contribution in [2.24, 2.45) is 9.98 Å². The maximum atomic E-state index is 12.0. The number of aliphatic imine (C=N–C) groups is 2. The summed E-state index contributed by atoms with van der Waals surface area (Å²) in [6, 6.07) is 22.2. The molecule has 2 atom stereocenters. The zero-order valence-electron chi connectivity index (χ0n) is 18.3. The maximum Gasteiger partial charge on any atom is 0.330 e. The van der Waals surface area contributed by atoms with Crippen LogP contribution in [0.3, 0.4) is 0 Å². The molecule has 0 saturated heterocycles. The topological polar surface area (TPSA) is 91.5 Å². The summed E-state index contributed by atoms with van der Waals surface area (Å²) in [4.78, 5) is 21.3. The fraction of sp³-hybridized carbons (Fsp3) is 0.148. The molecule has 33 heavy (non-hydrogen) atoms. The monoisotopic (exact) mass is 442 g/mol. The summed E-state index contributed by atoms with van der Waals surface area (Å²) in [6.07, 6.45) is 6.12. The maximum absolute atomic E-state index is 12.0. The Morgan fingerprint density at radius 1 is 0.848 bits per heavy atom. The Labute approximate surface area is 193 Å². The van der Waals surface area contributed by atoms with Gasteiger partial charge in [0.15, 0.2) is 0 Å². The highest BCUT2D eigenvalue weighted by molar-refractivity contribution is 5.85. The third-order valence-corrected chi connectivity index (χ3v) is 4.81. The second kappa shape index (κ2) is 12.0. The standard InChI is InChI=1S/C27H26N2O4/c1-2-33-26(32)17-16-23(28-18-21-12-6-8-14-24(21)30)27(20-10-4-3-5-11-20)29-19-22-13-7-9-15-25(22)31/h3-19,23,27,30-31H,2H2,1H3/b17-16+,28-18?,29-19?/t23-,27-/m0/s1. The highest BCUT2D eigenvalue weighted by Gasteiger charge is 2.20. The van der Waals surface area contributed by atoms with Gasteiger partial charge in [-0.25, -0.2) is 4.79 Å². The minimum atomic E-state index is -0.585. The van der Waals surface area contributed by atoms with Crippen LogP contribution >= 0.6 is 0 Å². The first-order valence-corrected chi connectivity index (χ1v) is 10.6. The van der Waals surface area contributed by atoms with Crippen molar-refractivity contribution < 1.29 is 19.7 Å². The van der Waals surface area contributed by atoms with Crippen LogP contribution in [-0.4, -0.2) is 41.3 Å². The Bertz CT molecular complexity index is 1140. The van der Waals surface area contributed by atoms with Crippen LogP contribution in [0, 0.1) is 0 Å². The van der Waals surface area contributed by atoms with Gasteiger partial charge in [0.2, 0.25) is 0 Å². The number of aromatic hydroxyl groups is 2. The average molecular weight is 443 g/mol. The summed E-state index contributed by atoms with van der Waals surface area (Å²) >= 11 is 0. The molecule has 0 aliphatic heterocycles. The summed E-state index contributed by atoms with van der Waals surface area (Å²) in [5.41, 5.74) is 1.98. The zero-order chi connectivity index (χ0) is 23.5. The number of nitrogens with zero attached hydrogens (tertiary/aromatic N) is 2. The Balaban J connectivity index is 2.02. The summed E-state index contributed by atoms with van der Waals surface area (Å²) in [5.74, 6) is -0.260. The van der Waals surface area contributed by atoms with Crippen LogP contribution in [0.5, 0.6) is 11.5 Å². The van der Waals surface area contributed by atoms with Crippen molar-refractivity contribution in [3.05, 3.63) is 108 Å². The van der Waals surface area contributed by atoms with Gasteiger partial charge in [0, 0.05) is 29.6 Å². The molecular formula is C27H26N2O4. The molecule has 3 aromatic rings. The number of phenols is 2. The number of phenolic OH excluding ortho intramolecular Hbond substituents is 2. The molecule has 0 aliphatic carbocycles. The third-order valence-electron chi connectivity index (χ3n) is 4.81.